The average molecular weight is 242 g/mol. The predicted octanol–water partition coefficient (Wildman–Crippen LogP) is 1.13. The van der Waals surface area contributed by atoms with Gasteiger partial charge in [0, 0.05) is 19.6 Å². The number of hydrogen-bond acceptors (Lipinski definition) is 3. The zero-order valence-corrected chi connectivity index (χ0v) is 10.9. The second kappa shape index (κ2) is 4.16. The zero-order chi connectivity index (χ0) is 12.6. The van der Waals surface area contributed by atoms with Crippen molar-refractivity contribution in [3.8, 4) is 0 Å². The van der Waals surface area contributed by atoms with Crippen molar-refractivity contribution in [3.63, 3.8) is 0 Å². The molecular formula is C11H18N2O2S. The monoisotopic (exact) mass is 242 g/mol. The Kier molecular flexibility index (Phi) is 3.42. The largest absolute Gasteiger partial charge is 0.322 e. The number of sulfonamides is 1. The Morgan fingerprint density at radius 3 is 1.88 bits per heavy atom. The van der Waals surface area contributed by atoms with Gasteiger partial charge in [-0.15, -0.1) is 0 Å². The molecule has 0 fully saturated rings. The molecule has 0 atom stereocenters. The van der Waals surface area contributed by atoms with Crippen LogP contribution in [0, 0.1) is 0 Å². The average Bonchev–Trinajstić information content (AvgIpc) is 2.16. The Morgan fingerprint density at radius 2 is 1.56 bits per heavy atom. The van der Waals surface area contributed by atoms with E-state index in [0.29, 0.717) is 0 Å². The van der Waals surface area contributed by atoms with E-state index in [-0.39, 0.29) is 4.90 Å². The van der Waals surface area contributed by atoms with Gasteiger partial charge >= 0.3 is 0 Å². The minimum atomic E-state index is -3.35. The molecule has 5 heteroatoms. The van der Waals surface area contributed by atoms with Crippen LogP contribution in [-0.2, 0) is 15.6 Å². The summed E-state index contributed by atoms with van der Waals surface area (Å²) in [6.45, 7) is 3.75. The fourth-order valence-corrected chi connectivity index (χ4v) is 2.17. The normalized spacial score (nSPS) is 13.1. The van der Waals surface area contributed by atoms with E-state index < -0.39 is 15.6 Å². The Morgan fingerprint density at radius 1 is 1.12 bits per heavy atom. The van der Waals surface area contributed by atoms with Gasteiger partial charge < -0.3 is 5.73 Å². The van der Waals surface area contributed by atoms with E-state index in [9.17, 15) is 8.42 Å². The maximum atomic E-state index is 11.8. The van der Waals surface area contributed by atoms with Crippen molar-refractivity contribution in [2.75, 3.05) is 14.1 Å². The third kappa shape index (κ3) is 2.61. The van der Waals surface area contributed by atoms with Crippen molar-refractivity contribution in [1.29, 1.82) is 0 Å². The molecule has 0 unspecified atom stereocenters. The first-order chi connectivity index (χ1) is 7.15. The molecule has 0 heterocycles. The maximum Gasteiger partial charge on any atom is 0.242 e. The first-order valence-electron chi connectivity index (χ1n) is 4.97. The molecule has 4 nitrogen and oxygen atoms in total. The Labute approximate surface area is 97.1 Å². The van der Waals surface area contributed by atoms with E-state index in [0.717, 1.165) is 5.56 Å². The minimum Gasteiger partial charge on any atom is -0.322 e. The van der Waals surface area contributed by atoms with Crippen LogP contribution in [0.4, 0.5) is 0 Å². The van der Waals surface area contributed by atoms with Crippen molar-refractivity contribution >= 4 is 10.0 Å². The van der Waals surface area contributed by atoms with Crippen molar-refractivity contribution in [1.82, 2.24) is 4.31 Å². The molecule has 0 bridgehead atoms. The lowest BCUT2D eigenvalue weighted by Gasteiger charge is -2.19. The van der Waals surface area contributed by atoms with Crippen LogP contribution in [0.5, 0.6) is 0 Å². The van der Waals surface area contributed by atoms with Gasteiger partial charge in [0.05, 0.1) is 4.90 Å². The Bertz CT molecular complexity index is 456. The summed E-state index contributed by atoms with van der Waals surface area (Å²) in [5, 5.41) is 0. The molecule has 0 aromatic heterocycles. The van der Waals surface area contributed by atoms with E-state index in [1.165, 1.54) is 18.4 Å². The number of hydrogen-bond donors (Lipinski definition) is 1. The fourth-order valence-electron chi connectivity index (χ4n) is 1.27. The lowest BCUT2D eigenvalue weighted by Crippen LogP contribution is -2.28. The molecule has 0 saturated heterocycles. The van der Waals surface area contributed by atoms with E-state index in [4.69, 9.17) is 5.73 Å². The first kappa shape index (κ1) is 13.2. The van der Waals surface area contributed by atoms with E-state index >= 15 is 0 Å². The van der Waals surface area contributed by atoms with E-state index in [1.807, 2.05) is 13.8 Å². The van der Waals surface area contributed by atoms with Gasteiger partial charge in [0.1, 0.15) is 0 Å². The number of nitrogens with zero attached hydrogens (tertiary/aromatic N) is 1. The summed E-state index contributed by atoms with van der Waals surface area (Å²) in [4.78, 5) is 0.283. The molecule has 0 amide bonds. The van der Waals surface area contributed by atoms with Gasteiger partial charge in [-0.1, -0.05) is 12.1 Å². The van der Waals surface area contributed by atoms with Crippen LogP contribution in [0.25, 0.3) is 0 Å². The topological polar surface area (TPSA) is 63.4 Å². The summed E-state index contributed by atoms with van der Waals surface area (Å²) in [5.41, 5.74) is 6.37. The molecule has 16 heavy (non-hydrogen) atoms. The minimum absolute atomic E-state index is 0.283. The summed E-state index contributed by atoms with van der Waals surface area (Å²) in [6, 6.07) is 6.66. The fraction of sp³-hybridized carbons (Fsp3) is 0.455. The predicted molar refractivity (Wildman–Crippen MR) is 64.5 cm³/mol. The van der Waals surface area contributed by atoms with Crippen LogP contribution in [-0.4, -0.2) is 26.8 Å². The van der Waals surface area contributed by atoms with Crippen molar-refractivity contribution in [2.45, 2.75) is 24.3 Å². The molecular weight excluding hydrogens is 224 g/mol. The van der Waals surface area contributed by atoms with Gasteiger partial charge in [-0.3, -0.25) is 0 Å². The quantitative estimate of drug-likeness (QED) is 0.864. The molecule has 0 aliphatic rings. The van der Waals surface area contributed by atoms with Gasteiger partial charge in [-0.25, -0.2) is 12.7 Å². The molecule has 1 aromatic carbocycles. The Balaban J connectivity index is 3.15. The number of benzene rings is 1. The van der Waals surface area contributed by atoms with Crippen LogP contribution in [0.2, 0.25) is 0 Å². The highest BCUT2D eigenvalue weighted by molar-refractivity contribution is 7.89. The SMILES string of the molecule is CN(C)S(=O)(=O)c1ccc(C(C)(C)N)cc1. The summed E-state index contributed by atoms with van der Waals surface area (Å²) in [7, 11) is -0.327. The smallest absolute Gasteiger partial charge is 0.242 e. The van der Waals surface area contributed by atoms with E-state index in [2.05, 4.69) is 0 Å². The van der Waals surface area contributed by atoms with Gasteiger partial charge in [0.15, 0.2) is 0 Å². The summed E-state index contributed by atoms with van der Waals surface area (Å²) in [6.07, 6.45) is 0. The van der Waals surface area contributed by atoms with Crippen LogP contribution < -0.4 is 5.73 Å². The van der Waals surface area contributed by atoms with Crippen molar-refractivity contribution in [2.24, 2.45) is 5.73 Å². The summed E-state index contributed by atoms with van der Waals surface area (Å²) < 4.78 is 24.8. The first-order valence-corrected chi connectivity index (χ1v) is 6.41. The van der Waals surface area contributed by atoms with Gasteiger partial charge in [-0.05, 0) is 31.5 Å². The molecule has 90 valence electrons. The molecule has 0 spiro atoms. The van der Waals surface area contributed by atoms with E-state index in [1.54, 1.807) is 24.3 Å². The highest BCUT2D eigenvalue weighted by Gasteiger charge is 2.19. The lowest BCUT2D eigenvalue weighted by molar-refractivity contribution is 0.520. The molecule has 0 aliphatic heterocycles. The molecule has 0 aliphatic carbocycles. The van der Waals surface area contributed by atoms with Crippen molar-refractivity contribution in [3.05, 3.63) is 29.8 Å². The molecule has 0 saturated carbocycles. The lowest BCUT2D eigenvalue weighted by atomic mass is 9.96. The molecule has 0 radical (unpaired) electrons. The third-order valence-corrected chi connectivity index (χ3v) is 4.21. The second-order valence-corrected chi connectivity index (χ2v) is 6.69. The maximum absolute atomic E-state index is 11.8. The second-order valence-electron chi connectivity index (χ2n) is 4.53. The van der Waals surface area contributed by atoms with Gasteiger partial charge in [0.25, 0.3) is 0 Å². The van der Waals surface area contributed by atoms with Crippen LogP contribution >= 0.6 is 0 Å². The van der Waals surface area contributed by atoms with Gasteiger partial charge in [-0.2, -0.15) is 0 Å². The Hall–Kier alpha value is -0.910. The number of rotatable bonds is 3. The zero-order valence-electron chi connectivity index (χ0n) is 10.1. The summed E-state index contributed by atoms with van der Waals surface area (Å²) >= 11 is 0. The number of nitrogens with two attached hydrogens (primary N) is 1. The highest BCUT2D eigenvalue weighted by Crippen LogP contribution is 2.20. The van der Waals surface area contributed by atoms with Crippen molar-refractivity contribution < 1.29 is 8.42 Å². The molecule has 1 aromatic rings. The standard InChI is InChI=1S/C11H18N2O2S/c1-11(2,12)9-5-7-10(8-6-9)16(14,15)13(3)4/h5-8H,12H2,1-4H3. The third-order valence-electron chi connectivity index (χ3n) is 2.38. The van der Waals surface area contributed by atoms with Crippen LogP contribution in [0.1, 0.15) is 19.4 Å². The van der Waals surface area contributed by atoms with Gasteiger partial charge in [0.2, 0.25) is 10.0 Å². The highest BCUT2D eigenvalue weighted by atomic mass is 32.2. The summed E-state index contributed by atoms with van der Waals surface area (Å²) in [5.74, 6) is 0. The van der Waals surface area contributed by atoms with Crippen LogP contribution in [0.15, 0.2) is 29.2 Å². The van der Waals surface area contributed by atoms with Crippen LogP contribution in [0.3, 0.4) is 0 Å². The molecule has 1 rings (SSSR count). The molecule has 2 N–H and O–H groups in total.